The summed E-state index contributed by atoms with van der Waals surface area (Å²) in [4.78, 5) is 0. The van der Waals surface area contributed by atoms with Crippen molar-refractivity contribution < 1.29 is 0 Å². The van der Waals surface area contributed by atoms with Gasteiger partial charge in [0.2, 0.25) is 0 Å². The van der Waals surface area contributed by atoms with E-state index in [1.54, 1.807) is 0 Å². The molecule has 8 heavy (non-hydrogen) atoms. The third-order valence-electron chi connectivity index (χ3n) is 0.780. The van der Waals surface area contributed by atoms with Crippen molar-refractivity contribution in [3.63, 3.8) is 0 Å². The molecule has 0 atom stereocenters. The van der Waals surface area contributed by atoms with Crippen LogP contribution in [0, 0.1) is 12.3 Å². The van der Waals surface area contributed by atoms with Gasteiger partial charge in [0.25, 0.3) is 0 Å². The van der Waals surface area contributed by atoms with Crippen molar-refractivity contribution in [1.82, 2.24) is 0 Å². The van der Waals surface area contributed by atoms with E-state index >= 15 is 0 Å². The first-order valence-corrected chi connectivity index (χ1v) is 2.91. The fourth-order valence-corrected chi connectivity index (χ4v) is 0.817. The summed E-state index contributed by atoms with van der Waals surface area (Å²) in [7, 11) is 0. The number of hydrogen-bond donors (Lipinski definition) is 0. The molecule has 0 aliphatic heterocycles. The molecular weight excluding hydrogens is 96.1 g/mol. The second-order valence-corrected chi connectivity index (χ2v) is 3.30. The molecule has 0 amide bonds. The van der Waals surface area contributed by atoms with E-state index in [0.29, 0.717) is 0 Å². The first kappa shape index (κ1) is 7.61. The van der Waals surface area contributed by atoms with Gasteiger partial charge in [0, 0.05) is 6.42 Å². The lowest BCUT2D eigenvalue weighted by atomic mass is 9.89. The minimum atomic E-state index is 0.172. The molecule has 0 fully saturated rings. The van der Waals surface area contributed by atoms with Crippen LogP contribution in [-0.2, 0) is 0 Å². The van der Waals surface area contributed by atoms with Crippen molar-refractivity contribution in [2.45, 2.75) is 27.2 Å². The molecule has 0 aliphatic carbocycles. The molecule has 0 aromatic carbocycles. The van der Waals surface area contributed by atoms with Crippen LogP contribution in [0.2, 0.25) is 0 Å². The maximum atomic E-state index is 3.95. The van der Waals surface area contributed by atoms with Crippen LogP contribution in [0.25, 0.3) is 0 Å². The van der Waals surface area contributed by atoms with Crippen molar-refractivity contribution in [3.8, 4) is 0 Å². The maximum absolute atomic E-state index is 3.95. The average molecular weight is 111 g/mol. The van der Waals surface area contributed by atoms with Crippen LogP contribution in [0.5, 0.6) is 0 Å². The Kier molecular flexibility index (Phi) is 2.14. The summed E-state index contributed by atoms with van der Waals surface area (Å²) in [6.45, 7) is 14.0. The lowest BCUT2D eigenvalue weighted by molar-refractivity contribution is 0.471. The first-order valence-electron chi connectivity index (χ1n) is 2.91. The molecule has 0 bridgehead atoms. The maximum Gasteiger partial charge on any atom is 0.103 e. The number of hydrogen-bond acceptors (Lipinski definition) is 0. The van der Waals surface area contributed by atoms with Crippen molar-refractivity contribution in [3.05, 3.63) is 19.1 Å². The fraction of sp³-hybridized carbons (Fsp3) is 0.625. The Balaban J connectivity index is 3.55. The quantitative estimate of drug-likeness (QED) is 0.379. The van der Waals surface area contributed by atoms with E-state index in [1.807, 2.05) is 6.92 Å². The second kappa shape index (κ2) is 2.25. The van der Waals surface area contributed by atoms with Crippen LogP contribution >= 0.6 is 0 Å². The van der Waals surface area contributed by atoms with Gasteiger partial charge < -0.3 is 0 Å². The fourth-order valence-electron chi connectivity index (χ4n) is 0.817. The molecule has 0 aliphatic rings. The normalized spacial score (nSPS) is 11.4. The zero-order valence-electron chi connectivity index (χ0n) is 6.12. The highest BCUT2D eigenvalue weighted by atomic mass is 14.1. The number of rotatable bonds is 2. The Labute approximate surface area is 52.6 Å². The largest absolute Gasteiger partial charge is 0.103 e. The lowest BCUT2D eigenvalue weighted by Crippen LogP contribution is -2.04. The van der Waals surface area contributed by atoms with Crippen LogP contribution in [0.1, 0.15) is 27.2 Å². The summed E-state index contributed by atoms with van der Waals surface area (Å²) in [5.41, 5.74) is 1.39. The molecule has 46 valence electrons. The molecule has 0 heterocycles. The molecule has 0 spiro atoms. The second-order valence-electron chi connectivity index (χ2n) is 3.30. The van der Waals surface area contributed by atoms with E-state index < -0.39 is 0 Å². The summed E-state index contributed by atoms with van der Waals surface area (Å²) >= 11 is 0. The SMILES string of the molecule is C=C(C)CC([CH2+])(C)C. The molecule has 0 saturated carbocycles. The zero-order valence-corrected chi connectivity index (χ0v) is 6.12. The number of allylic oxidation sites excluding steroid dienone is 1. The summed E-state index contributed by atoms with van der Waals surface area (Å²) < 4.78 is 0. The summed E-state index contributed by atoms with van der Waals surface area (Å²) in [6, 6.07) is 0. The molecule has 0 aromatic rings. The zero-order chi connectivity index (χ0) is 6.78. The van der Waals surface area contributed by atoms with Crippen molar-refractivity contribution in [2.75, 3.05) is 0 Å². The Bertz CT molecular complexity index is 82.7. The van der Waals surface area contributed by atoms with Gasteiger partial charge in [0.1, 0.15) is 5.41 Å². The summed E-state index contributed by atoms with van der Waals surface area (Å²) in [6.07, 6.45) is 1.02. The predicted molar refractivity (Wildman–Crippen MR) is 38.6 cm³/mol. The van der Waals surface area contributed by atoms with Gasteiger partial charge in [-0.1, -0.05) is 12.2 Å². The van der Waals surface area contributed by atoms with Gasteiger partial charge in [0.05, 0.1) is 6.92 Å². The van der Waals surface area contributed by atoms with Crippen LogP contribution in [0.4, 0.5) is 0 Å². The molecule has 0 nitrogen and oxygen atoms in total. The van der Waals surface area contributed by atoms with E-state index in [-0.39, 0.29) is 5.41 Å². The van der Waals surface area contributed by atoms with Gasteiger partial charge in [-0.2, -0.15) is 0 Å². The third-order valence-corrected chi connectivity index (χ3v) is 0.780. The van der Waals surface area contributed by atoms with Gasteiger partial charge >= 0.3 is 0 Å². The van der Waals surface area contributed by atoms with E-state index in [0.717, 1.165) is 6.42 Å². The highest BCUT2D eigenvalue weighted by Crippen LogP contribution is 2.21. The van der Waals surface area contributed by atoms with Crippen LogP contribution in [-0.4, -0.2) is 0 Å². The van der Waals surface area contributed by atoms with Gasteiger partial charge in [-0.3, -0.25) is 0 Å². The summed E-state index contributed by atoms with van der Waals surface area (Å²) in [5.74, 6) is 0. The molecule has 0 heteroatoms. The molecule has 0 aromatic heterocycles. The van der Waals surface area contributed by atoms with Crippen LogP contribution in [0.3, 0.4) is 0 Å². The molecule has 0 saturated heterocycles. The average Bonchev–Trinajstić information content (AvgIpc) is 1.21. The molecule has 0 N–H and O–H groups in total. The smallest absolute Gasteiger partial charge is 0.1000 e. The molecule has 0 unspecified atom stereocenters. The topological polar surface area (TPSA) is 0 Å². The van der Waals surface area contributed by atoms with Gasteiger partial charge in [0.15, 0.2) is 0 Å². The van der Waals surface area contributed by atoms with Gasteiger partial charge in [-0.15, -0.1) is 0 Å². The monoisotopic (exact) mass is 111 g/mol. The van der Waals surface area contributed by atoms with Crippen molar-refractivity contribution in [2.24, 2.45) is 5.41 Å². The molecular formula is C8H15+. The molecule has 0 radical (unpaired) electrons. The molecule has 0 rings (SSSR count). The third kappa shape index (κ3) is 5.61. The standard InChI is InChI=1S/C8H15/c1-7(2)6-8(3,4)5/h1,3,6H2,2,4-5H3/q+1. The summed E-state index contributed by atoms with van der Waals surface area (Å²) in [5, 5.41) is 0. The lowest BCUT2D eigenvalue weighted by Gasteiger charge is -2.09. The highest BCUT2D eigenvalue weighted by Gasteiger charge is 2.16. The Morgan fingerprint density at radius 3 is 2.00 bits per heavy atom. The van der Waals surface area contributed by atoms with Crippen LogP contribution in [0.15, 0.2) is 12.2 Å². The van der Waals surface area contributed by atoms with E-state index in [1.165, 1.54) is 5.57 Å². The van der Waals surface area contributed by atoms with Crippen LogP contribution < -0.4 is 0 Å². The Morgan fingerprint density at radius 2 is 2.00 bits per heavy atom. The van der Waals surface area contributed by atoms with Crippen molar-refractivity contribution in [1.29, 1.82) is 0 Å². The Morgan fingerprint density at radius 1 is 1.62 bits per heavy atom. The van der Waals surface area contributed by atoms with Gasteiger partial charge in [-0.05, 0) is 20.8 Å². The van der Waals surface area contributed by atoms with E-state index in [4.69, 9.17) is 0 Å². The van der Waals surface area contributed by atoms with Crippen molar-refractivity contribution >= 4 is 0 Å². The van der Waals surface area contributed by atoms with E-state index in [9.17, 15) is 0 Å². The minimum Gasteiger partial charge on any atom is -0.1000 e. The minimum absolute atomic E-state index is 0.172. The highest BCUT2D eigenvalue weighted by molar-refractivity contribution is 4.94. The predicted octanol–water partition coefficient (Wildman–Crippen LogP) is 2.81. The van der Waals surface area contributed by atoms with Gasteiger partial charge in [-0.25, -0.2) is 0 Å². The Hall–Kier alpha value is -0.390. The first-order chi connectivity index (χ1) is 3.42. The van der Waals surface area contributed by atoms with E-state index in [2.05, 4.69) is 27.4 Å².